The van der Waals surface area contributed by atoms with Gasteiger partial charge < -0.3 is 10.3 Å². The lowest BCUT2D eigenvalue weighted by Crippen LogP contribution is -2.35. The minimum atomic E-state index is 0.0807. The summed E-state index contributed by atoms with van der Waals surface area (Å²) in [6, 6.07) is 20.7. The van der Waals surface area contributed by atoms with Gasteiger partial charge in [-0.05, 0) is 49.0 Å². The second-order valence-corrected chi connectivity index (χ2v) is 7.02. The Morgan fingerprint density at radius 3 is 2.73 bits per heavy atom. The van der Waals surface area contributed by atoms with Crippen molar-refractivity contribution in [3.8, 4) is 0 Å². The standard InChI is InChI=1S/C22H25N3O/c26-22(23-18-9-2-1-3-10-18)13-15-25-14-7-6-12-21(25)20-16-17-8-4-5-11-19(17)24-20/h1-5,8-11,16,21,24H,6-7,12-15H2,(H,23,26). The maximum Gasteiger partial charge on any atom is 0.225 e. The van der Waals surface area contributed by atoms with Crippen molar-refractivity contribution in [2.45, 2.75) is 31.7 Å². The van der Waals surface area contributed by atoms with Crippen LogP contribution in [0.1, 0.15) is 37.4 Å². The molecule has 1 aromatic heterocycles. The molecule has 0 spiro atoms. The summed E-state index contributed by atoms with van der Waals surface area (Å²) in [4.78, 5) is 18.3. The van der Waals surface area contributed by atoms with Crippen molar-refractivity contribution < 1.29 is 4.79 Å². The molecule has 0 saturated carbocycles. The fraction of sp³-hybridized carbons (Fsp3) is 0.318. The van der Waals surface area contributed by atoms with Crippen molar-refractivity contribution in [1.29, 1.82) is 0 Å². The molecule has 0 bridgehead atoms. The molecule has 4 heteroatoms. The molecule has 3 aromatic rings. The Hall–Kier alpha value is -2.59. The summed E-state index contributed by atoms with van der Waals surface area (Å²) in [7, 11) is 0. The number of carbonyl (C=O) groups is 1. The predicted molar refractivity (Wildman–Crippen MR) is 106 cm³/mol. The third-order valence-electron chi connectivity index (χ3n) is 5.21. The second-order valence-electron chi connectivity index (χ2n) is 7.02. The largest absolute Gasteiger partial charge is 0.357 e. The number of amides is 1. The highest BCUT2D eigenvalue weighted by Gasteiger charge is 2.25. The van der Waals surface area contributed by atoms with Crippen LogP contribution in [0.5, 0.6) is 0 Å². The third kappa shape index (κ3) is 3.81. The van der Waals surface area contributed by atoms with Gasteiger partial charge in [-0.3, -0.25) is 9.69 Å². The first-order valence-electron chi connectivity index (χ1n) is 9.46. The maximum absolute atomic E-state index is 12.3. The molecule has 0 radical (unpaired) electrons. The van der Waals surface area contributed by atoms with E-state index in [9.17, 15) is 4.79 Å². The average Bonchev–Trinajstić information content (AvgIpc) is 3.11. The molecule has 26 heavy (non-hydrogen) atoms. The molecule has 1 saturated heterocycles. The highest BCUT2D eigenvalue weighted by atomic mass is 16.1. The number of nitrogens with zero attached hydrogens (tertiary/aromatic N) is 1. The number of para-hydroxylation sites is 2. The van der Waals surface area contributed by atoms with Crippen LogP contribution >= 0.6 is 0 Å². The molecule has 134 valence electrons. The van der Waals surface area contributed by atoms with E-state index in [1.54, 1.807) is 0 Å². The quantitative estimate of drug-likeness (QED) is 0.701. The number of benzene rings is 2. The lowest BCUT2D eigenvalue weighted by Gasteiger charge is -2.35. The van der Waals surface area contributed by atoms with E-state index in [4.69, 9.17) is 0 Å². The Labute approximate surface area is 154 Å². The first-order valence-corrected chi connectivity index (χ1v) is 9.46. The van der Waals surface area contributed by atoms with Crippen LogP contribution in [0.3, 0.4) is 0 Å². The Morgan fingerprint density at radius 2 is 1.88 bits per heavy atom. The number of carbonyl (C=O) groups excluding carboxylic acids is 1. The molecular formula is C22H25N3O. The summed E-state index contributed by atoms with van der Waals surface area (Å²) in [6.07, 6.45) is 4.11. The molecule has 2 heterocycles. The lowest BCUT2D eigenvalue weighted by molar-refractivity contribution is -0.116. The summed E-state index contributed by atoms with van der Waals surface area (Å²) < 4.78 is 0. The van der Waals surface area contributed by atoms with E-state index in [0.717, 1.165) is 25.2 Å². The van der Waals surface area contributed by atoms with Gasteiger partial charge in [-0.1, -0.05) is 42.8 Å². The van der Waals surface area contributed by atoms with Gasteiger partial charge in [-0.2, -0.15) is 0 Å². The average molecular weight is 347 g/mol. The number of hydrogen-bond donors (Lipinski definition) is 2. The van der Waals surface area contributed by atoms with Crippen molar-refractivity contribution in [2.24, 2.45) is 0 Å². The first-order chi connectivity index (χ1) is 12.8. The van der Waals surface area contributed by atoms with Gasteiger partial charge in [0.2, 0.25) is 5.91 Å². The van der Waals surface area contributed by atoms with Gasteiger partial charge in [0, 0.05) is 35.9 Å². The van der Waals surface area contributed by atoms with Crippen LogP contribution in [-0.2, 0) is 4.79 Å². The lowest BCUT2D eigenvalue weighted by atomic mass is 9.99. The number of piperidine rings is 1. The number of H-pyrrole nitrogens is 1. The Morgan fingerprint density at radius 1 is 1.08 bits per heavy atom. The summed E-state index contributed by atoms with van der Waals surface area (Å²) in [6.45, 7) is 1.84. The van der Waals surface area contributed by atoms with E-state index in [0.29, 0.717) is 12.5 Å². The molecule has 1 fully saturated rings. The zero-order valence-corrected chi connectivity index (χ0v) is 14.9. The fourth-order valence-electron chi connectivity index (χ4n) is 3.88. The van der Waals surface area contributed by atoms with Crippen LogP contribution in [0.2, 0.25) is 0 Å². The zero-order valence-electron chi connectivity index (χ0n) is 14.9. The van der Waals surface area contributed by atoms with Crippen LogP contribution in [0.15, 0.2) is 60.7 Å². The fourth-order valence-corrected chi connectivity index (χ4v) is 3.88. The van der Waals surface area contributed by atoms with Crippen LogP contribution < -0.4 is 5.32 Å². The van der Waals surface area contributed by atoms with E-state index < -0.39 is 0 Å². The van der Waals surface area contributed by atoms with E-state index in [-0.39, 0.29) is 5.91 Å². The van der Waals surface area contributed by atoms with Gasteiger partial charge in [-0.25, -0.2) is 0 Å². The molecule has 4 rings (SSSR count). The molecule has 2 aromatic carbocycles. The third-order valence-corrected chi connectivity index (χ3v) is 5.21. The topological polar surface area (TPSA) is 48.1 Å². The van der Waals surface area contributed by atoms with Crippen LogP contribution in [0, 0.1) is 0 Å². The number of likely N-dealkylation sites (tertiary alicyclic amines) is 1. The van der Waals surface area contributed by atoms with Gasteiger partial charge in [-0.15, -0.1) is 0 Å². The van der Waals surface area contributed by atoms with E-state index >= 15 is 0 Å². The molecular weight excluding hydrogens is 322 g/mol. The number of hydrogen-bond acceptors (Lipinski definition) is 2. The Kier molecular flexibility index (Phi) is 5.02. The van der Waals surface area contributed by atoms with Crippen molar-refractivity contribution in [3.63, 3.8) is 0 Å². The van der Waals surface area contributed by atoms with Crippen LogP contribution in [-0.4, -0.2) is 28.9 Å². The van der Waals surface area contributed by atoms with Crippen molar-refractivity contribution >= 4 is 22.5 Å². The molecule has 2 N–H and O–H groups in total. The number of rotatable bonds is 5. The summed E-state index contributed by atoms with van der Waals surface area (Å²) >= 11 is 0. The second kappa shape index (κ2) is 7.75. The van der Waals surface area contributed by atoms with E-state index in [1.807, 2.05) is 30.3 Å². The highest BCUT2D eigenvalue weighted by Crippen LogP contribution is 2.32. The van der Waals surface area contributed by atoms with Crippen molar-refractivity contribution in [1.82, 2.24) is 9.88 Å². The van der Waals surface area contributed by atoms with Gasteiger partial charge in [0.25, 0.3) is 0 Å². The van der Waals surface area contributed by atoms with Gasteiger partial charge in [0.1, 0.15) is 0 Å². The normalized spacial score (nSPS) is 18.1. The molecule has 1 aliphatic rings. The molecule has 1 amide bonds. The minimum Gasteiger partial charge on any atom is -0.357 e. The SMILES string of the molecule is O=C(CCN1CCCCC1c1cc2ccccc2[nH]1)Nc1ccccc1. The first kappa shape index (κ1) is 16.9. The molecule has 0 aliphatic carbocycles. The summed E-state index contributed by atoms with van der Waals surface area (Å²) in [5, 5.41) is 4.24. The van der Waals surface area contributed by atoms with Crippen molar-refractivity contribution in [2.75, 3.05) is 18.4 Å². The Balaban J connectivity index is 1.41. The summed E-state index contributed by atoms with van der Waals surface area (Å²) in [5.74, 6) is 0.0807. The number of nitrogens with one attached hydrogen (secondary N) is 2. The smallest absolute Gasteiger partial charge is 0.225 e. The minimum absolute atomic E-state index is 0.0807. The number of aromatic amines is 1. The van der Waals surface area contributed by atoms with Gasteiger partial charge in [0.05, 0.1) is 0 Å². The monoisotopic (exact) mass is 347 g/mol. The zero-order chi connectivity index (χ0) is 17.8. The van der Waals surface area contributed by atoms with Crippen LogP contribution in [0.4, 0.5) is 5.69 Å². The molecule has 1 aliphatic heterocycles. The van der Waals surface area contributed by atoms with Crippen molar-refractivity contribution in [3.05, 3.63) is 66.4 Å². The van der Waals surface area contributed by atoms with E-state index in [1.165, 1.54) is 29.4 Å². The predicted octanol–water partition coefficient (Wildman–Crippen LogP) is 4.72. The number of fused-ring (bicyclic) bond motifs is 1. The van der Waals surface area contributed by atoms with Gasteiger partial charge >= 0.3 is 0 Å². The molecule has 4 nitrogen and oxygen atoms in total. The van der Waals surface area contributed by atoms with Gasteiger partial charge in [0.15, 0.2) is 0 Å². The number of aromatic nitrogens is 1. The van der Waals surface area contributed by atoms with E-state index in [2.05, 4.69) is 45.5 Å². The Bertz CT molecular complexity index is 838. The highest BCUT2D eigenvalue weighted by molar-refractivity contribution is 5.90. The molecule has 1 atom stereocenters. The van der Waals surface area contributed by atoms with Crippen LogP contribution in [0.25, 0.3) is 10.9 Å². The maximum atomic E-state index is 12.3. The molecule has 1 unspecified atom stereocenters. The number of anilines is 1. The summed E-state index contributed by atoms with van der Waals surface area (Å²) in [5.41, 5.74) is 3.33.